The summed E-state index contributed by atoms with van der Waals surface area (Å²) in [5.41, 5.74) is 7.30. The van der Waals surface area contributed by atoms with Crippen LogP contribution in [-0.2, 0) is 4.79 Å². The number of carboxylic acid groups (broad SMARTS) is 1. The third-order valence-corrected chi connectivity index (χ3v) is 3.18. The molecule has 1 aromatic heterocycles. The molecule has 1 unspecified atom stereocenters. The van der Waals surface area contributed by atoms with Crippen LogP contribution in [0.1, 0.15) is 23.9 Å². The molecule has 6 heteroatoms. The summed E-state index contributed by atoms with van der Waals surface area (Å²) in [6.07, 6.45) is 3.38. The van der Waals surface area contributed by atoms with Crippen LogP contribution in [0.15, 0.2) is 30.6 Å². The number of rotatable bonds is 4. The summed E-state index contributed by atoms with van der Waals surface area (Å²) in [4.78, 5) is 14.8. The highest BCUT2D eigenvalue weighted by Gasteiger charge is 2.13. The number of imidazole rings is 1. The molecule has 0 spiro atoms. The van der Waals surface area contributed by atoms with Gasteiger partial charge in [-0.15, -0.1) is 0 Å². The van der Waals surface area contributed by atoms with E-state index < -0.39 is 12.0 Å². The summed E-state index contributed by atoms with van der Waals surface area (Å²) in [7, 11) is 0. The van der Waals surface area contributed by atoms with Crippen LogP contribution < -0.4 is 5.73 Å². The zero-order valence-corrected chi connectivity index (χ0v) is 11.1. The van der Waals surface area contributed by atoms with E-state index in [2.05, 4.69) is 4.98 Å². The van der Waals surface area contributed by atoms with E-state index in [0.29, 0.717) is 10.6 Å². The Morgan fingerprint density at radius 2 is 2.32 bits per heavy atom. The first-order valence-corrected chi connectivity index (χ1v) is 6.14. The molecule has 2 aromatic rings. The average molecular weight is 280 g/mol. The predicted molar refractivity (Wildman–Crippen MR) is 72.5 cm³/mol. The second-order valence-electron chi connectivity index (χ2n) is 4.26. The van der Waals surface area contributed by atoms with Crippen molar-refractivity contribution in [3.63, 3.8) is 0 Å². The predicted octanol–water partition coefficient (Wildman–Crippen LogP) is 2.31. The fraction of sp³-hybridized carbons (Fsp3) is 0.231. The molecule has 0 amide bonds. The summed E-state index contributed by atoms with van der Waals surface area (Å²) in [6.45, 7) is 1.88. The van der Waals surface area contributed by atoms with Gasteiger partial charge in [-0.1, -0.05) is 17.7 Å². The number of aryl methyl sites for hydroxylation is 1. The Balaban J connectivity index is 2.32. The maximum atomic E-state index is 10.6. The molecular formula is C13H14ClN3O2. The first-order valence-electron chi connectivity index (χ1n) is 5.76. The molecule has 2 rings (SSSR count). The van der Waals surface area contributed by atoms with E-state index in [1.54, 1.807) is 18.3 Å². The van der Waals surface area contributed by atoms with E-state index in [9.17, 15) is 4.79 Å². The summed E-state index contributed by atoms with van der Waals surface area (Å²) in [5.74, 6) is -0.109. The van der Waals surface area contributed by atoms with Crippen molar-refractivity contribution in [2.24, 2.45) is 5.73 Å². The van der Waals surface area contributed by atoms with Crippen LogP contribution in [-0.4, -0.2) is 20.6 Å². The second kappa shape index (κ2) is 5.42. The van der Waals surface area contributed by atoms with Crippen molar-refractivity contribution in [2.45, 2.75) is 19.4 Å². The summed E-state index contributed by atoms with van der Waals surface area (Å²) in [5, 5.41) is 9.24. The molecule has 1 atom stereocenters. The Bertz CT molecular complexity index is 610. The maximum Gasteiger partial charge on any atom is 0.305 e. The van der Waals surface area contributed by atoms with Crippen LogP contribution in [0.25, 0.3) is 5.69 Å². The summed E-state index contributed by atoms with van der Waals surface area (Å²) in [6, 6.07) is 4.74. The van der Waals surface area contributed by atoms with E-state index in [0.717, 1.165) is 11.5 Å². The van der Waals surface area contributed by atoms with Gasteiger partial charge < -0.3 is 15.4 Å². The van der Waals surface area contributed by atoms with Gasteiger partial charge in [0, 0.05) is 18.4 Å². The number of aromatic nitrogens is 2. The lowest BCUT2D eigenvalue weighted by Gasteiger charge is -2.13. The highest BCUT2D eigenvalue weighted by atomic mass is 35.5. The quantitative estimate of drug-likeness (QED) is 0.900. The largest absolute Gasteiger partial charge is 0.481 e. The normalized spacial score (nSPS) is 12.4. The van der Waals surface area contributed by atoms with E-state index in [1.807, 2.05) is 23.8 Å². The smallest absolute Gasteiger partial charge is 0.305 e. The Morgan fingerprint density at radius 1 is 1.58 bits per heavy atom. The minimum Gasteiger partial charge on any atom is -0.481 e. The van der Waals surface area contributed by atoms with Gasteiger partial charge in [-0.3, -0.25) is 4.79 Å². The molecule has 0 aliphatic heterocycles. The minimum atomic E-state index is -0.932. The van der Waals surface area contributed by atoms with Crippen LogP contribution in [0.2, 0.25) is 5.02 Å². The Morgan fingerprint density at radius 3 is 2.84 bits per heavy atom. The molecule has 0 saturated carbocycles. The lowest BCUT2D eigenvalue weighted by Crippen LogP contribution is -2.15. The second-order valence-corrected chi connectivity index (χ2v) is 4.67. The van der Waals surface area contributed by atoms with Crippen molar-refractivity contribution in [1.29, 1.82) is 0 Å². The number of nitrogens with zero attached hydrogens (tertiary/aromatic N) is 2. The van der Waals surface area contributed by atoms with Crippen LogP contribution in [0.3, 0.4) is 0 Å². The van der Waals surface area contributed by atoms with Crippen molar-refractivity contribution in [3.05, 3.63) is 47.0 Å². The van der Waals surface area contributed by atoms with Crippen LogP contribution >= 0.6 is 11.6 Å². The zero-order chi connectivity index (χ0) is 14.0. The van der Waals surface area contributed by atoms with E-state index in [4.69, 9.17) is 22.4 Å². The van der Waals surface area contributed by atoms with Gasteiger partial charge in [0.25, 0.3) is 0 Å². The van der Waals surface area contributed by atoms with Gasteiger partial charge in [-0.2, -0.15) is 0 Å². The van der Waals surface area contributed by atoms with Gasteiger partial charge in [-0.05, 0) is 24.6 Å². The molecule has 0 fully saturated rings. The van der Waals surface area contributed by atoms with Crippen molar-refractivity contribution in [1.82, 2.24) is 9.55 Å². The standard InChI is InChI=1S/C13H14ClN3O2/c1-8-16-4-5-17(8)12-3-2-9(6-10(12)14)11(15)7-13(18)19/h2-6,11H,7,15H2,1H3,(H,18,19). The third kappa shape index (κ3) is 2.94. The monoisotopic (exact) mass is 279 g/mol. The number of aliphatic carboxylic acids is 1. The average Bonchev–Trinajstić information content (AvgIpc) is 2.74. The van der Waals surface area contributed by atoms with Gasteiger partial charge in [-0.25, -0.2) is 4.98 Å². The van der Waals surface area contributed by atoms with Gasteiger partial charge >= 0.3 is 5.97 Å². The molecule has 1 heterocycles. The van der Waals surface area contributed by atoms with Crippen LogP contribution in [0, 0.1) is 6.92 Å². The Labute approximate surface area is 115 Å². The molecule has 0 saturated heterocycles. The zero-order valence-electron chi connectivity index (χ0n) is 10.4. The molecule has 3 N–H and O–H groups in total. The molecule has 0 aliphatic carbocycles. The van der Waals surface area contributed by atoms with Crippen molar-refractivity contribution >= 4 is 17.6 Å². The highest BCUT2D eigenvalue weighted by Crippen LogP contribution is 2.26. The van der Waals surface area contributed by atoms with E-state index in [1.165, 1.54) is 0 Å². The number of halogens is 1. The molecule has 100 valence electrons. The van der Waals surface area contributed by atoms with Crippen molar-refractivity contribution in [2.75, 3.05) is 0 Å². The molecule has 0 bridgehead atoms. The molecule has 0 aliphatic rings. The molecule has 0 radical (unpaired) electrons. The molecule has 1 aromatic carbocycles. The summed E-state index contributed by atoms with van der Waals surface area (Å²) < 4.78 is 1.86. The number of benzene rings is 1. The lowest BCUT2D eigenvalue weighted by molar-refractivity contribution is -0.137. The number of hydrogen-bond acceptors (Lipinski definition) is 3. The van der Waals surface area contributed by atoms with E-state index >= 15 is 0 Å². The molecule has 19 heavy (non-hydrogen) atoms. The molecular weight excluding hydrogens is 266 g/mol. The van der Waals surface area contributed by atoms with Gasteiger partial charge in [0.2, 0.25) is 0 Å². The third-order valence-electron chi connectivity index (χ3n) is 2.88. The number of carbonyl (C=O) groups is 1. The highest BCUT2D eigenvalue weighted by molar-refractivity contribution is 6.32. The van der Waals surface area contributed by atoms with Gasteiger partial charge in [0.1, 0.15) is 5.82 Å². The topological polar surface area (TPSA) is 81.1 Å². The van der Waals surface area contributed by atoms with Crippen molar-refractivity contribution < 1.29 is 9.90 Å². The number of nitrogens with two attached hydrogens (primary N) is 1. The molecule has 5 nitrogen and oxygen atoms in total. The van der Waals surface area contributed by atoms with Crippen LogP contribution in [0.4, 0.5) is 0 Å². The number of carboxylic acids is 1. The fourth-order valence-electron chi connectivity index (χ4n) is 1.89. The minimum absolute atomic E-state index is 0.125. The van der Waals surface area contributed by atoms with Crippen LogP contribution in [0.5, 0.6) is 0 Å². The Hall–Kier alpha value is -1.85. The number of hydrogen-bond donors (Lipinski definition) is 2. The Kier molecular flexibility index (Phi) is 3.87. The van der Waals surface area contributed by atoms with Gasteiger partial charge in [0.05, 0.1) is 17.1 Å². The lowest BCUT2D eigenvalue weighted by atomic mass is 10.0. The van der Waals surface area contributed by atoms with Crippen molar-refractivity contribution in [3.8, 4) is 5.69 Å². The first-order chi connectivity index (χ1) is 8.99. The van der Waals surface area contributed by atoms with Gasteiger partial charge in [0.15, 0.2) is 0 Å². The SMILES string of the molecule is Cc1nccn1-c1ccc(C(N)CC(=O)O)cc1Cl. The summed E-state index contributed by atoms with van der Waals surface area (Å²) >= 11 is 6.22. The first kappa shape index (κ1) is 13.6. The van der Waals surface area contributed by atoms with E-state index in [-0.39, 0.29) is 6.42 Å². The fourth-order valence-corrected chi connectivity index (χ4v) is 2.17. The maximum absolute atomic E-state index is 10.6.